The number of carbonyl (C=O) groups excluding carboxylic acids is 1. The maximum atomic E-state index is 12.9. The average molecular weight is 339 g/mol. The fraction of sp³-hybridized carbons (Fsp3) is 0.368. The van der Waals surface area contributed by atoms with Crippen molar-refractivity contribution in [2.45, 2.75) is 32.2 Å². The molecule has 0 aliphatic carbocycles. The van der Waals surface area contributed by atoms with Crippen molar-refractivity contribution in [2.24, 2.45) is 0 Å². The van der Waals surface area contributed by atoms with Crippen LogP contribution in [0.25, 0.3) is 21.7 Å². The van der Waals surface area contributed by atoms with Gasteiger partial charge in [0.2, 0.25) is 5.91 Å². The van der Waals surface area contributed by atoms with Crippen LogP contribution in [-0.4, -0.2) is 33.4 Å². The molecule has 0 saturated carbocycles. The van der Waals surface area contributed by atoms with Crippen LogP contribution in [0.3, 0.4) is 0 Å². The number of rotatable bonds is 3. The number of carbonyl (C=O) groups is 1. The summed E-state index contributed by atoms with van der Waals surface area (Å²) in [7, 11) is 0. The summed E-state index contributed by atoms with van der Waals surface area (Å²) in [6.07, 6.45) is 4.71. The van der Waals surface area contributed by atoms with Gasteiger partial charge in [0.1, 0.15) is 6.54 Å². The molecule has 0 radical (unpaired) electrons. The highest BCUT2D eigenvalue weighted by Crippen LogP contribution is 2.28. The second kappa shape index (κ2) is 6.77. The highest BCUT2D eigenvalue weighted by molar-refractivity contribution is 7.13. The van der Waals surface area contributed by atoms with Gasteiger partial charge >= 0.3 is 0 Å². The first-order chi connectivity index (χ1) is 11.8. The quantitative estimate of drug-likeness (QED) is 0.718. The number of aromatic nitrogens is 2. The van der Waals surface area contributed by atoms with Gasteiger partial charge in [-0.3, -0.25) is 4.79 Å². The van der Waals surface area contributed by atoms with E-state index in [2.05, 4.69) is 22.1 Å². The van der Waals surface area contributed by atoms with Crippen LogP contribution in [0, 0.1) is 0 Å². The van der Waals surface area contributed by atoms with Crippen molar-refractivity contribution >= 4 is 28.3 Å². The molecule has 0 unspecified atom stereocenters. The molecule has 0 bridgehead atoms. The molecule has 1 aromatic carbocycles. The number of imidazole rings is 1. The van der Waals surface area contributed by atoms with E-state index in [9.17, 15) is 4.79 Å². The Morgan fingerprint density at radius 3 is 2.58 bits per heavy atom. The van der Waals surface area contributed by atoms with E-state index in [1.165, 1.54) is 12.8 Å². The van der Waals surface area contributed by atoms with Crippen molar-refractivity contribution in [1.29, 1.82) is 0 Å². The third-order valence-electron chi connectivity index (χ3n) is 4.65. The first-order valence-electron chi connectivity index (χ1n) is 8.60. The Balaban J connectivity index is 1.69. The maximum Gasteiger partial charge on any atom is 0.242 e. The minimum atomic E-state index is 0.206. The zero-order chi connectivity index (χ0) is 16.4. The van der Waals surface area contributed by atoms with Gasteiger partial charge in [-0.1, -0.05) is 31.0 Å². The van der Waals surface area contributed by atoms with Crippen molar-refractivity contribution in [2.75, 3.05) is 13.1 Å². The van der Waals surface area contributed by atoms with Crippen molar-refractivity contribution in [1.82, 2.24) is 14.5 Å². The van der Waals surface area contributed by atoms with Gasteiger partial charge in [0, 0.05) is 13.1 Å². The SMILES string of the molecule is O=C(Cn1c(-c2cccs2)nc2ccccc21)N1CCCCCC1. The molecule has 24 heavy (non-hydrogen) atoms. The summed E-state index contributed by atoms with van der Waals surface area (Å²) in [5.41, 5.74) is 1.98. The Morgan fingerprint density at radius 2 is 1.83 bits per heavy atom. The Hall–Kier alpha value is -2.14. The molecule has 0 spiro atoms. The molecule has 2 aromatic heterocycles. The predicted molar refractivity (Wildman–Crippen MR) is 98.1 cm³/mol. The molecule has 124 valence electrons. The highest BCUT2D eigenvalue weighted by atomic mass is 32.1. The first kappa shape index (κ1) is 15.4. The van der Waals surface area contributed by atoms with E-state index in [0.717, 1.165) is 47.7 Å². The monoisotopic (exact) mass is 339 g/mol. The zero-order valence-corrected chi connectivity index (χ0v) is 14.5. The van der Waals surface area contributed by atoms with E-state index in [-0.39, 0.29) is 5.91 Å². The number of benzene rings is 1. The standard InChI is InChI=1S/C19H21N3OS/c23-18(21-11-5-1-2-6-12-21)14-22-16-9-4-3-8-15(16)20-19(22)17-10-7-13-24-17/h3-4,7-10,13H,1-2,5-6,11-12,14H2. The summed E-state index contributed by atoms with van der Waals surface area (Å²) in [5, 5.41) is 2.05. The smallest absolute Gasteiger partial charge is 0.242 e. The molecule has 1 saturated heterocycles. The lowest BCUT2D eigenvalue weighted by Crippen LogP contribution is -2.34. The highest BCUT2D eigenvalue weighted by Gasteiger charge is 2.20. The van der Waals surface area contributed by atoms with Crippen molar-refractivity contribution < 1.29 is 4.79 Å². The van der Waals surface area contributed by atoms with E-state index in [0.29, 0.717) is 6.54 Å². The van der Waals surface area contributed by atoms with Gasteiger partial charge in [-0.05, 0) is 36.4 Å². The Bertz CT molecular complexity index is 830. The molecule has 0 atom stereocenters. The van der Waals surface area contributed by atoms with Gasteiger partial charge in [-0.25, -0.2) is 4.98 Å². The topological polar surface area (TPSA) is 38.1 Å². The van der Waals surface area contributed by atoms with Gasteiger partial charge in [-0.2, -0.15) is 0 Å². The molecule has 3 heterocycles. The second-order valence-corrected chi connectivity index (χ2v) is 7.23. The number of hydrogen-bond acceptors (Lipinski definition) is 3. The molecule has 1 aliphatic rings. The van der Waals surface area contributed by atoms with Gasteiger partial charge in [0.25, 0.3) is 0 Å². The summed E-state index contributed by atoms with van der Waals surface area (Å²) in [5.74, 6) is 1.10. The Morgan fingerprint density at radius 1 is 1.04 bits per heavy atom. The van der Waals surface area contributed by atoms with E-state index >= 15 is 0 Å². The molecule has 1 fully saturated rings. The molecule has 1 amide bonds. The van der Waals surface area contributed by atoms with Crippen LogP contribution >= 0.6 is 11.3 Å². The minimum Gasteiger partial charge on any atom is -0.341 e. The lowest BCUT2D eigenvalue weighted by atomic mass is 10.2. The van der Waals surface area contributed by atoms with Crippen molar-refractivity contribution in [3.63, 3.8) is 0 Å². The van der Waals surface area contributed by atoms with Crippen LogP contribution < -0.4 is 0 Å². The average Bonchev–Trinajstić information content (AvgIpc) is 3.16. The van der Waals surface area contributed by atoms with Crippen LogP contribution in [0.4, 0.5) is 0 Å². The van der Waals surface area contributed by atoms with Crippen LogP contribution in [0.2, 0.25) is 0 Å². The molecule has 5 heteroatoms. The van der Waals surface area contributed by atoms with Gasteiger partial charge in [-0.15, -0.1) is 11.3 Å². The van der Waals surface area contributed by atoms with Gasteiger partial charge < -0.3 is 9.47 Å². The largest absolute Gasteiger partial charge is 0.341 e. The summed E-state index contributed by atoms with van der Waals surface area (Å²) in [4.78, 5) is 20.8. The van der Waals surface area contributed by atoms with Gasteiger partial charge in [0.05, 0.1) is 15.9 Å². The lowest BCUT2D eigenvalue weighted by Gasteiger charge is -2.21. The number of hydrogen-bond donors (Lipinski definition) is 0. The van der Waals surface area contributed by atoms with Crippen LogP contribution in [0.5, 0.6) is 0 Å². The number of likely N-dealkylation sites (tertiary alicyclic amines) is 1. The molecular weight excluding hydrogens is 318 g/mol. The molecule has 3 aromatic rings. The van der Waals surface area contributed by atoms with E-state index in [1.54, 1.807) is 11.3 Å². The van der Waals surface area contributed by atoms with E-state index in [1.807, 2.05) is 29.2 Å². The zero-order valence-electron chi connectivity index (χ0n) is 13.6. The number of para-hydroxylation sites is 2. The molecule has 4 rings (SSSR count). The molecule has 4 nitrogen and oxygen atoms in total. The normalized spacial score (nSPS) is 15.6. The summed E-state index contributed by atoms with van der Waals surface area (Å²) in [6, 6.07) is 12.2. The lowest BCUT2D eigenvalue weighted by molar-refractivity contribution is -0.131. The fourth-order valence-corrected chi connectivity index (χ4v) is 4.11. The van der Waals surface area contributed by atoms with E-state index in [4.69, 9.17) is 4.98 Å². The minimum absolute atomic E-state index is 0.206. The van der Waals surface area contributed by atoms with Crippen LogP contribution in [-0.2, 0) is 11.3 Å². The van der Waals surface area contributed by atoms with Crippen molar-refractivity contribution in [3.05, 3.63) is 41.8 Å². The summed E-state index contributed by atoms with van der Waals surface area (Å²) < 4.78 is 2.08. The summed E-state index contributed by atoms with van der Waals surface area (Å²) in [6.45, 7) is 2.15. The maximum absolute atomic E-state index is 12.9. The molecule has 1 aliphatic heterocycles. The van der Waals surface area contributed by atoms with E-state index < -0.39 is 0 Å². The van der Waals surface area contributed by atoms with Crippen LogP contribution in [0.15, 0.2) is 41.8 Å². The Kier molecular flexibility index (Phi) is 4.34. The Labute approximate surface area is 145 Å². The fourth-order valence-electron chi connectivity index (χ4n) is 3.38. The number of amides is 1. The first-order valence-corrected chi connectivity index (χ1v) is 9.48. The molecular formula is C19H21N3OS. The summed E-state index contributed by atoms with van der Waals surface area (Å²) >= 11 is 1.66. The number of thiophene rings is 1. The second-order valence-electron chi connectivity index (χ2n) is 6.28. The van der Waals surface area contributed by atoms with Crippen LogP contribution in [0.1, 0.15) is 25.7 Å². The van der Waals surface area contributed by atoms with Crippen molar-refractivity contribution in [3.8, 4) is 10.7 Å². The third-order valence-corrected chi connectivity index (χ3v) is 5.51. The molecule has 0 N–H and O–H groups in total. The van der Waals surface area contributed by atoms with Gasteiger partial charge in [0.15, 0.2) is 5.82 Å². The number of nitrogens with zero attached hydrogens (tertiary/aromatic N) is 3. The number of fused-ring (bicyclic) bond motifs is 1. The third kappa shape index (κ3) is 2.96. The predicted octanol–water partition coefficient (Wildman–Crippen LogP) is 4.17.